The maximum absolute atomic E-state index is 1.98. The molecule has 0 aliphatic heterocycles. The van der Waals surface area contributed by atoms with Crippen LogP contribution in [0.4, 0.5) is 0 Å². The Hall–Kier alpha value is 0.636. The second kappa shape index (κ2) is 9.22. The van der Waals surface area contributed by atoms with Crippen LogP contribution in [0.5, 0.6) is 0 Å². The molecule has 0 bridgehead atoms. The van der Waals surface area contributed by atoms with Gasteiger partial charge in [0, 0.05) is 0 Å². The number of hydrogen-bond acceptors (Lipinski definition) is 0. The zero-order chi connectivity index (χ0) is 17.0. The van der Waals surface area contributed by atoms with Crippen LogP contribution in [-0.2, 0) is 15.0 Å². The van der Waals surface area contributed by atoms with Crippen molar-refractivity contribution in [3.8, 4) is 0 Å². The molecule has 0 N–H and O–H groups in total. The van der Waals surface area contributed by atoms with Gasteiger partial charge in [-0.3, -0.25) is 0 Å². The van der Waals surface area contributed by atoms with E-state index in [-0.39, 0.29) is 0 Å². The molecular weight excluding hydrogens is 478 g/mol. The SMILES string of the molecule is C1CC[CH]([Os]([CH]2CCCCC2)([CH]2CCCCC2)[CH]2CCCCC2)CC1. The fourth-order valence-corrected chi connectivity index (χ4v) is 31.5. The van der Waals surface area contributed by atoms with E-state index in [1.54, 1.807) is 128 Å². The van der Waals surface area contributed by atoms with Gasteiger partial charge in [0.1, 0.15) is 0 Å². The van der Waals surface area contributed by atoms with Crippen LogP contribution in [0.3, 0.4) is 0 Å². The summed E-state index contributed by atoms with van der Waals surface area (Å²) in [5.41, 5.74) is 0. The summed E-state index contributed by atoms with van der Waals surface area (Å²) in [7, 11) is 0. The molecule has 0 aromatic rings. The standard InChI is InChI=1S/4C6H11.Os/c4*1-2-4-6-5-3-1;/h4*1H,2-6H2;. The first-order valence-electron chi connectivity index (χ1n) is 12.1. The Bertz CT molecular complexity index is 301. The van der Waals surface area contributed by atoms with Gasteiger partial charge in [0.05, 0.1) is 0 Å². The van der Waals surface area contributed by atoms with Crippen LogP contribution >= 0.6 is 0 Å². The van der Waals surface area contributed by atoms with Crippen molar-refractivity contribution in [2.75, 3.05) is 0 Å². The average molecular weight is 523 g/mol. The fourth-order valence-electron chi connectivity index (χ4n) is 7.00. The van der Waals surface area contributed by atoms with Crippen molar-refractivity contribution in [2.24, 2.45) is 0 Å². The summed E-state index contributed by atoms with van der Waals surface area (Å²) >= 11 is -1.98. The predicted molar refractivity (Wildman–Crippen MR) is 107 cm³/mol. The van der Waals surface area contributed by atoms with Crippen molar-refractivity contribution in [3.63, 3.8) is 0 Å². The Morgan fingerprint density at radius 3 is 0.680 bits per heavy atom. The summed E-state index contributed by atoms with van der Waals surface area (Å²) in [5, 5.41) is 0. The Labute approximate surface area is 161 Å². The Kier molecular flexibility index (Phi) is 7.00. The van der Waals surface area contributed by atoms with Crippen molar-refractivity contribution >= 4 is 0 Å². The van der Waals surface area contributed by atoms with Crippen LogP contribution in [0, 0.1) is 0 Å². The molecule has 0 radical (unpaired) electrons. The predicted octanol–water partition coefficient (Wildman–Crippen LogP) is 9.15. The van der Waals surface area contributed by atoms with Gasteiger partial charge in [-0.25, -0.2) is 0 Å². The average Bonchev–Trinajstić information content (AvgIpc) is 2.72. The van der Waals surface area contributed by atoms with Crippen molar-refractivity contribution in [2.45, 2.75) is 146 Å². The Morgan fingerprint density at radius 2 is 0.480 bits per heavy atom. The molecule has 0 unspecified atom stereocenters. The van der Waals surface area contributed by atoms with Crippen molar-refractivity contribution in [1.82, 2.24) is 0 Å². The minimum atomic E-state index is -1.98. The monoisotopic (exact) mass is 524 g/mol. The van der Waals surface area contributed by atoms with Gasteiger partial charge in [0.2, 0.25) is 0 Å². The van der Waals surface area contributed by atoms with Gasteiger partial charge < -0.3 is 0 Å². The van der Waals surface area contributed by atoms with E-state index >= 15 is 0 Å². The first-order valence-corrected chi connectivity index (χ1v) is 17.9. The summed E-state index contributed by atoms with van der Waals surface area (Å²) in [5.74, 6) is 0. The van der Waals surface area contributed by atoms with E-state index in [9.17, 15) is 0 Å². The number of rotatable bonds is 4. The molecule has 4 saturated carbocycles. The van der Waals surface area contributed by atoms with E-state index in [0.29, 0.717) is 0 Å². The molecule has 148 valence electrons. The third-order valence-electron chi connectivity index (χ3n) is 8.08. The molecule has 1 heteroatoms. The molecule has 0 atom stereocenters. The van der Waals surface area contributed by atoms with Gasteiger partial charge in [-0.05, 0) is 0 Å². The Morgan fingerprint density at radius 1 is 0.280 bits per heavy atom. The molecule has 4 aliphatic carbocycles. The second-order valence-corrected chi connectivity index (χ2v) is 22.9. The van der Waals surface area contributed by atoms with Crippen LogP contribution < -0.4 is 0 Å². The molecule has 0 nitrogen and oxygen atoms in total. The zero-order valence-electron chi connectivity index (χ0n) is 16.8. The fraction of sp³-hybridized carbons (Fsp3) is 1.00. The molecule has 0 spiro atoms. The van der Waals surface area contributed by atoms with Gasteiger partial charge in [0.25, 0.3) is 0 Å². The first kappa shape index (κ1) is 19.0. The van der Waals surface area contributed by atoms with Crippen molar-refractivity contribution < 1.29 is 15.0 Å². The summed E-state index contributed by atoms with van der Waals surface area (Å²) in [6.07, 6.45) is 32.6. The molecule has 4 aliphatic rings. The quantitative estimate of drug-likeness (QED) is 0.345. The van der Waals surface area contributed by atoms with E-state index in [4.69, 9.17) is 0 Å². The van der Waals surface area contributed by atoms with Gasteiger partial charge in [0.15, 0.2) is 0 Å². The molecular formula is C24H44Os. The van der Waals surface area contributed by atoms with E-state index < -0.39 is 15.0 Å². The van der Waals surface area contributed by atoms with Crippen LogP contribution in [-0.4, -0.2) is 0 Å². The van der Waals surface area contributed by atoms with Gasteiger partial charge in [-0.1, -0.05) is 0 Å². The molecule has 0 aromatic carbocycles. The third kappa shape index (κ3) is 3.94. The van der Waals surface area contributed by atoms with Crippen molar-refractivity contribution in [1.29, 1.82) is 0 Å². The zero-order valence-corrected chi connectivity index (χ0v) is 19.3. The van der Waals surface area contributed by atoms with E-state index in [1.807, 2.05) is 0 Å². The minimum absolute atomic E-state index is 1.30. The molecule has 0 aromatic heterocycles. The van der Waals surface area contributed by atoms with Crippen LogP contribution in [0.2, 0.25) is 17.9 Å². The third-order valence-corrected chi connectivity index (χ3v) is 28.3. The van der Waals surface area contributed by atoms with Crippen LogP contribution in [0.1, 0.15) is 128 Å². The van der Waals surface area contributed by atoms with Gasteiger partial charge >= 0.3 is 161 Å². The van der Waals surface area contributed by atoms with Crippen molar-refractivity contribution in [3.05, 3.63) is 0 Å². The van der Waals surface area contributed by atoms with Crippen LogP contribution in [0.25, 0.3) is 0 Å². The van der Waals surface area contributed by atoms with E-state index in [1.165, 1.54) is 17.9 Å². The summed E-state index contributed by atoms with van der Waals surface area (Å²) in [6, 6.07) is 0. The molecule has 0 saturated heterocycles. The molecule has 0 amide bonds. The van der Waals surface area contributed by atoms with Crippen LogP contribution in [0.15, 0.2) is 0 Å². The van der Waals surface area contributed by atoms with Gasteiger partial charge in [-0.2, -0.15) is 0 Å². The molecule has 25 heavy (non-hydrogen) atoms. The molecule has 4 fully saturated rings. The van der Waals surface area contributed by atoms with Gasteiger partial charge in [-0.15, -0.1) is 0 Å². The van der Waals surface area contributed by atoms with E-state index in [0.717, 1.165) is 0 Å². The first-order chi connectivity index (χ1) is 12.4. The summed E-state index contributed by atoms with van der Waals surface area (Å²) in [6.45, 7) is 0. The number of hydrogen-bond donors (Lipinski definition) is 0. The Balaban J connectivity index is 1.70. The normalized spacial score (nSPS) is 30.4. The van der Waals surface area contributed by atoms with E-state index in [2.05, 4.69) is 0 Å². The molecule has 0 heterocycles. The maximum atomic E-state index is 1.69. The summed E-state index contributed by atoms with van der Waals surface area (Å²) in [4.78, 5) is 0. The second-order valence-electron chi connectivity index (χ2n) is 9.57. The summed E-state index contributed by atoms with van der Waals surface area (Å²) < 4.78 is 5.21. The molecule has 4 rings (SSSR count). The topological polar surface area (TPSA) is 0 Å².